The van der Waals surface area contributed by atoms with Crippen molar-refractivity contribution < 1.29 is 14.3 Å². The van der Waals surface area contributed by atoms with Crippen LogP contribution in [0.25, 0.3) is 0 Å². The number of nitrogens with zero attached hydrogens (tertiary/aromatic N) is 1. The van der Waals surface area contributed by atoms with Gasteiger partial charge in [-0.3, -0.25) is 9.69 Å². The molecule has 23 heavy (non-hydrogen) atoms. The first-order valence-electron chi connectivity index (χ1n) is 8.58. The van der Waals surface area contributed by atoms with Gasteiger partial charge in [0.2, 0.25) is 0 Å². The minimum atomic E-state index is -0.265. The van der Waals surface area contributed by atoms with E-state index < -0.39 is 0 Å². The predicted molar refractivity (Wildman–Crippen MR) is 91.7 cm³/mol. The molecule has 0 spiro atoms. The Morgan fingerprint density at radius 3 is 2.39 bits per heavy atom. The molecule has 1 aromatic carbocycles. The molecule has 1 fully saturated rings. The van der Waals surface area contributed by atoms with Gasteiger partial charge in [0.1, 0.15) is 5.75 Å². The van der Waals surface area contributed by atoms with Crippen molar-refractivity contribution in [2.45, 2.75) is 47.1 Å². The van der Waals surface area contributed by atoms with Crippen molar-refractivity contribution in [2.75, 3.05) is 26.3 Å². The Kier molecular flexibility index (Phi) is 6.60. The fourth-order valence-corrected chi connectivity index (χ4v) is 3.29. The summed E-state index contributed by atoms with van der Waals surface area (Å²) in [5.41, 5.74) is 3.33. The maximum Gasteiger partial charge on any atom is 0.308 e. The largest absolute Gasteiger partial charge is 0.426 e. The Balaban J connectivity index is 2.03. The molecule has 0 unspecified atom stereocenters. The zero-order valence-corrected chi connectivity index (χ0v) is 14.9. The van der Waals surface area contributed by atoms with Gasteiger partial charge in [-0.15, -0.1) is 0 Å². The fraction of sp³-hybridized carbons (Fsp3) is 0.632. The lowest BCUT2D eigenvalue weighted by molar-refractivity contribution is -0.131. The average molecular weight is 319 g/mol. The summed E-state index contributed by atoms with van der Waals surface area (Å²) in [7, 11) is 0. The number of carbonyl (C=O) groups excluding carboxylic acids is 1. The third-order valence-electron chi connectivity index (χ3n) is 4.48. The van der Waals surface area contributed by atoms with Gasteiger partial charge in [0.15, 0.2) is 0 Å². The van der Waals surface area contributed by atoms with Crippen molar-refractivity contribution in [2.24, 2.45) is 5.92 Å². The Hall–Kier alpha value is -1.39. The lowest BCUT2D eigenvalue weighted by Crippen LogP contribution is -2.32. The van der Waals surface area contributed by atoms with E-state index >= 15 is 0 Å². The quantitative estimate of drug-likeness (QED) is 0.594. The van der Waals surface area contributed by atoms with Crippen molar-refractivity contribution in [1.82, 2.24) is 4.90 Å². The number of aryl methyl sites for hydroxylation is 2. The van der Waals surface area contributed by atoms with E-state index in [-0.39, 0.29) is 5.97 Å². The van der Waals surface area contributed by atoms with Gasteiger partial charge in [0, 0.05) is 33.2 Å². The summed E-state index contributed by atoms with van der Waals surface area (Å²) in [6.45, 7) is 12.6. The van der Waals surface area contributed by atoms with Gasteiger partial charge >= 0.3 is 5.97 Å². The molecule has 0 saturated carbocycles. The monoisotopic (exact) mass is 319 g/mol. The van der Waals surface area contributed by atoms with Gasteiger partial charge in [-0.25, -0.2) is 0 Å². The molecule has 1 aliphatic rings. The topological polar surface area (TPSA) is 38.8 Å². The summed E-state index contributed by atoms with van der Waals surface area (Å²) in [6.07, 6.45) is 2.33. The summed E-state index contributed by atoms with van der Waals surface area (Å²) < 4.78 is 10.8. The highest BCUT2D eigenvalue weighted by atomic mass is 16.5. The molecule has 0 atom stereocenters. The van der Waals surface area contributed by atoms with Crippen LogP contribution in [0.4, 0.5) is 0 Å². The Bertz CT molecular complexity index is 512. The maximum atomic E-state index is 11.2. The van der Waals surface area contributed by atoms with E-state index in [2.05, 4.69) is 24.0 Å². The number of rotatable bonds is 6. The minimum absolute atomic E-state index is 0.265. The first kappa shape index (κ1) is 18.0. The second-order valence-corrected chi connectivity index (χ2v) is 6.54. The van der Waals surface area contributed by atoms with E-state index in [9.17, 15) is 4.79 Å². The highest BCUT2D eigenvalue weighted by Gasteiger charge is 2.17. The van der Waals surface area contributed by atoms with Gasteiger partial charge in [-0.2, -0.15) is 0 Å². The molecule has 4 heteroatoms. The van der Waals surface area contributed by atoms with Crippen LogP contribution >= 0.6 is 0 Å². The molecule has 1 aromatic rings. The fourth-order valence-electron chi connectivity index (χ4n) is 3.29. The van der Waals surface area contributed by atoms with Crippen LogP contribution in [-0.2, 0) is 16.1 Å². The molecule has 1 aliphatic heterocycles. The molecule has 2 rings (SSSR count). The third-order valence-corrected chi connectivity index (χ3v) is 4.48. The van der Waals surface area contributed by atoms with Gasteiger partial charge < -0.3 is 9.47 Å². The summed E-state index contributed by atoms with van der Waals surface area (Å²) in [5, 5.41) is 0. The van der Waals surface area contributed by atoms with Crippen LogP contribution in [0.15, 0.2) is 12.1 Å². The normalized spacial score (nSPS) is 15.9. The van der Waals surface area contributed by atoms with E-state index in [1.165, 1.54) is 25.3 Å². The number of hydrogen-bond acceptors (Lipinski definition) is 4. The first-order valence-corrected chi connectivity index (χ1v) is 8.58. The van der Waals surface area contributed by atoms with Crippen molar-refractivity contribution in [3.05, 3.63) is 28.8 Å². The smallest absolute Gasteiger partial charge is 0.308 e. The van der Waals surface area contributed by atoms with Crippen molar-refractivity contribution in [1.29, 1.82) is 0 Å². The van der Waals surface area contributed by atoms with Gasteiger partial charge in [0.25, 0.3) is 0 Å². The molecule has 0 aliphatic carbocycles. The molecule has 0 radical (unpaired) electrons. The summed E-state index contributed by atoms with van der Waals surface area (Å²) >= 11 is 0. The van der Waals surface area contributed by atoms with E-state index in [1.54, 1.807) is 0 Å². The molecule has 4 nitrogen and oxygen atoms in total. The molecule has 0 amide bonds. The van der Waals surface area contributed by atoms with Crippen LogP contribution in [0.2, 0.25) is 0 Å². The summed E-state index contributed by atoms with van der Waals surface area (Å²) in [4.78, 5) is 13.7. The van der Waals surface area contributed by atoms with E-state index in [1.807, 2.05) is 13.8 Å². The highest BCUT2D eigenvalue weighted by Crippen LogP contribution is 2.26. The lowest BCUT2D eigenvalue weighted by Gasteiger charge is -2.29. The maximum absolute atomic E-state index is 11.2. The predicted octanol–water partition coefficient (Wildman–Crippen LogP) is 3.48. The Labute approximate surface area is 139 Å². The molecule has 1 saturated heterocycles. The Morgan fingerprint density at radius 2 is 1.87 bits per heavy atom. The van der Waals surface area contributed by atoms with E-state index in [4.69, 9.17) is 9.47 Å². The number of carbonyl (C=O) groups is 1. The number of ether oxygens (including phenoxy) is 2. The Morgan fingerprint density at radius 1 is 1.26 bits per heavy atom. The van der Waals surface area contributed by atoms with Crippen LogP contribution < -0.4 is 4.74 Å². The van der Waals surface area contributed by atoms with Crippen LogP contribution in [0.3, 0.4) is 0 Å². The molecular weight excluding hydrogens is 290 g/mol. The molecule has 128 valence electrons. The van der Waals surface area contributed by atoms with Crippen LogP contribution in [0.5, 0.6) is 5.75 Å². The number of esters is 1. The van der Waals surface area contributed by atoms with Gasteiger partial charge in [-0.1, -0.05) is 19.1 Å². The number of hydrogen-bond donors (Lipinski definition) is 0. The average Bonchev–Trinajstić information content (AvgIpc) is 2.51. The van der Waals surface area contributed by atoms with Crippen molar-refractivity contribution in [3.63, 3.8) is 0 Å². The molecular formula is C19H29NO3. The zero-order valence-electron chi connectivity index (χ0n) is 14.9. The van der Waals surface area contributed by atoms with E-state index in [0.29, 0.717) is 5.75 Å². The molecule has 0 bridgehead atoms. The van der Waals surface area contributed by atoms with Gasteiger partial charge in [0.05, 0.1) is 0 Å². The van der Waals surface area contributed by atoms with Crippen molar-refractivity contribution >= 4 is 5.97 Å². The minimum Gasteiger partial charge on any atom is -0.426 e. The van der Waals surface area contributed by atoms with Crippen molar-refractivity contribution in [3.8, 4) is 5.75 Å². The van der Waals surface area contributed by atoms with E-state index in [0.717, 1.165) is 49.9 Å². The SMILES string of the molecule is CCN(Cc1cc(C)c(OC(C)=O)c(C)c1)CC1CCOCC1. The third kappa shape index (κ3) is 5.33. The second-order valence-electron chi connectivity index (χ2n) is 6.54. The zero-order chi connectivity index (χ0) is 16.8. The lowest BCUT2D eigenvalue weighted by atomic mass is 9.99. The molecule has 0 N–H and O–H groups in total. The van der Waals surface area contributed by atoms with Crippen LogP contribution in [0, 0.1) is 19.8 Å². The van der Waals surface area contributed by atoms with Gasteiger partial charge in [-0.05, 0) is 55.8 Å². The summed E-state index contributed by atoms with van der Waals surface area (Å²) in [6, 6.07) is 4.27. The second kappa shape index (κ2) is 8.46. The molecule has 1 heterocycles. The highest BCUT2D eigenvalue weighted by molar-refractivity contribution is 5.70. The van der Waals surface area contributed by atoms with Crippen LogP contribution in [0.1, 0.15) is 43.4 Å². The molecule has 0 aromatic heterocycles. The number of benzene rings is 1. The standard InChI is InChI=1S/C19H29NO3/c1-5-20(12-17-6-8-22-9-7-17)13-18-10-14(2)19(15(3)11-18)23-16(4)21/h10-11,17H,5-9,12-13H2,1-4H3. The summed E-state index contributed by atoms with van der Waals surface area (Å²) in [5.74, 6) is 1.18. The first-order chi connectivity index (χ1) is 11.0. The van der Waals surface area contributed by atoms with Crippen LogP contribution in [-0.4, -0.2) is 37.2 Å².